The Bertz CT molecular complexity index is 222. The quantitative estimate of drug-likeness (QED) is 0.379. The van der Waals surface area contributed by atoms with Crippen LogP contribution in [0.1, 0.15) is 46.0 Å². The molecule has 0 aliphatic heterocycles. The summed E-state index contributed by atoms with van der Waals surface area (Å²) in [6.07, 6.45) is 7.93. The zero-order chi connectivity index (χ0) is 12.4. The van der Waals surface area contributed by atoms with Gasteiger partial charge in [-0.2, -0.15) is 0 Å². The van der Waals surface area contributed by atoms with Crippen molar-refractivity contribution in [2.24, 2.45) is 0 Å². The second-order valence-electron chi connectivity index (χ2n) is 3.82. The van der Waals surface area contributed by atoms with Crippen molar-refractivity contribution in [1.82, 2.24) is 16.0 Å². The average Bonchev–Trinajstić information content (AvgIpc) is 2.30. The number of rotatable bonds is 8. The van der Waals surface area contributed by atoms with Gasteiger partial charge in [0.05, 0.1) is 0 Å². The number of hydrogen-bond acceptors (Lipinski definition) is 3. The number of unbranched alkanes of at least 4 members (excludes halogenated alkanes) is 4. The molecule has 0 aliphatic carbocycles. The van der Waals surface area contributed by atoms with Gasteiger partial charge in [-0.05, 0) is 19.8 Å². The highest BCUT2D eigenvalue weighted by atomic mass is 16.2. The second-order valence-corrected chi connectivity index (χ2v) is 3.82. The largest absolute Gasteiger partial charge is 0.278 e. The molecule has 0 heterocycles. The zero-order valence-corrected chi connectivity index (χ0v) is 11.0. The van der Waals surface area contributed by atoms with E-state index in [1.165, 1.54) is 24.4 Å². The molecule has 0 spiro atoms. The average molecular weight is 227 g/mol. The minimum absolute atomic E-state index is 0.0273. The van der Waals surface area contributed by atoms with E-state index in [1.807, 2.05) is 13.0 Å². The third-order valence-electron chi connectivity index (χ3n) is 2.50. The Kier molecular flexibility index (Phi) is 8.85. The van der Waals surface area contributed by atoms with E-state index in [9.17, 15) is 4.79 Å². The molecule has 0 saturated carbocycles. The first-order valence-corrected chi connectivity index (χ1v) is 6.03. The summed E-state index contributed by atoms with van der Waals surface area (Å²) < 4.78 is 0. The lowest BCUT2D eigenvalue weighted by molar-refractivity contribution is -0.132. The molecule has 4 heteroatoms. The maximum Gasteiger partial charge on any atom is 0.278 e. The highest BCUT2D eigenvalue weighted by Crippen LogP contribution is 2.06. The van der Waals surface area contributed by atoms with Gasteiger partial charge in [-0.15, -0.1) is 0 Å². The molecule has 0 saturated heterocycles. The standard InChI is InChI=1S/C12H25N3O/c1-5-6-7-8-9-10-11(2)12(16)15(13-3)14-4/h10,13-14H,5-9H2,1-4H3. The van der Waals surface area contributed by atoms with Crippen molar-refractivity contribution >= 4 is 5.91 Å². The van der Waals surface area contributed by atoms with Crippen LogP contribution in [-0.4, -0.2) is 25.1 Å². The van der Waals surface area contributed by atoms with Gasteiger partial charge >= 0.3 is 0 Å². The van der Waals surface area contributed by atoms with Gasteiger partial charge in [0.1, 0.15) is 0 Å². The fourth-order valence-corrected chi connectivity index (χ4v) is 1.47. The van der Waals surface area contributed by atoms with Gasteiger partial charge in [-0.1, -0.05) is 32.3 Å². The molecule has 0 radical (unpaired) electrons. The van der Waals surface area contributed by atoms with Gasteiger partial charge < -0.3 is 0 Å². The monoisotopic (exact) mass is 227 g/mol. The number of amides is 1. The fourth-order valence-electron chi connectivity index (χ4n) is 1.47. The van der Waals surface area contributed by atoms with Crippen LogP contribution in [-0.2, 0) is 4.79 Å². The van der Waals surface area contributed by atoms with Crippen molar-refractivity contribution in [2.75, 3.05) is 14.1 Å². The normalized spacial score (nSPS) is 11.6. The minimum atomic E-state index is -0.0273. The van der Waals surface area contributed by atoms with E-state index in [0.717, 1.165) is 18.4 Å². The molecule has 1 amide bonds. The SMILES string of the molecule is CCCCCCC=C(C)C(=O)N(NC)NC. The van der Waals surface area contributed by atoms with Crippen LogP contribution in [0.2, 0.25) is 0 Å². The van der Waals surface area contributed by atoms with Crippen molar-refractivity contribution in [3.8, 4) is 0 Å². The number of hydrogen-bond donors (Lipinski definition) is 2. The van der Waals surface area contributed by atoms with Crippen LogP contribution in [0.5, 0.6) is 0 Å². The summed E-state index contributed by atoms with van der Waals surface area (Å²) >= 11 is 0. The lowest BCUT2D eigenvalue weighted by atomic mass is 10.1. The van der Waals surface area contributed by atoms with E-state index in [2.05, 4.69) is 17.8 Å². The number of carbonyl (C=O) groups excluding carboxylic acids is 1. The molecule has 94 valence electrons. The first-order chi connectivity index (χ1) is 7.67. The molecule has 0 atom stereocenters. The summed E-state index contributed by atoms with van der Waals surface area (Å²) in [7, 11) is 3.42. The number of allylic oxidation sites excluding steroid dienone is 1. The van der Waals surface area contributed by atoms with Gasteiger partial charge in [-0.3, -0.25) is 4.79 Å². The van der Waals surface area contributed by atoms with Crippen molar-refractivity contribution in [3.63, 3.8) is 0 Å². The van der Waals surface area contributed by atoms with E-state index in [1.54, 1.807) is 14.1 Å². The number of carbonyl (C=O) groups is 1. The van der Waals surface area contributed by atoms with Gasteiger partial charge in [0, 0.05) is 19.7 Å². The fraction of sp³-hybridized carbons (Fsp3) is 0.750. The van der Waals surface area contributed by atoms with E-state index in [-0.39, 0.29) is 5.91 Å². The molecule has 0 aromatic rings. The van der Waals surface area contributed by atoms with Crippen LogP contribution >= 0.6 is 0 Å². The molecule has 0 aromatic heterocycles. The first kappa shape index (κ1) is 15.1. The van der Waals surface area contributed by atoms with E-state index in [0.29, 0.717) is 0 Å². The lowest BCUT2D eigenvalue weighted by Gasteiger charge is -2.19. The molecule has 0 aliphatic rings. The number of nitrogens with one attached hydrogen (secondary N) is 2. The maximum atomic E-state index is 11.8. The zero-order valence-electron chi connectivity index (χ0n) is 11.0. The van der Waals surface area contributed by atoms with Crippen molar-refractivity contribution in [1.29, 1.82) is 0 Å². The van der Waals surface area contributed by atoms with E-state index < -0.39 is 0 Å². The molecular formula is C12H25N3O. The van der Waals surface area contributed by atoms with Gasteiger partial charge in [0.15, 0.2) is 0 Å². The maximum absolute atomic E-state index is 11.8. The molecule has 0 rings (SSSR count). The predicted molar refractivity (Wildman–Crippen MR) is 67.5 cm³/mol. The summed E-state index contributed by atoms with van der Waals surface area (Å²) in [5.74, 6) is -0.0273. The summed E-state index contributed by atoms with van der Waals surface area (Å²) in [6.45, 7) is 4.05. The Morgan fingerprint density at radius 1 is 1.19 bits per heavy atom. The third-order valence-corrected chi connectivity index (χ3v) is 2.50. The Morgan fingerprint density at radius 3 is 2.31 bits per heavy atom. The highest BCUT2D eigenvalue weighted by Gasteiger charge is 2.10. The van der Waals surface area contributed by atoms with Crippen molar-refractivity contribution < 1.29 is 4.79 Å². The lowest BCUT2D eigenvalue weighted by Crippen LogP contribution is -2.48. The van der Waals surface area contributed by atoms with Crippen LogP contribution in [0, 0.1) is 0 Å². The Hall–Kier alpha value is -0.870. The number of nitrogens with zero attached hydrogens (tertiary/aromatic N) is 1. The van der Waals surface area contributed by atoms with Crippen LogP contribution in [0.25, 0.3) is 0 Å². The van der Waals surface area contributed by atoms with E-state index >= 15 is 0 Å². The summed E-state index contributed by atoms with van der Waals surface area (Å²) in [6, 6.07) is 0. The Morgan fingerprint density at radius 2 is 1.81 bits per heavy atom. The number of hydrazine groups is 2. The molecule has 0 fully saturated rings. The topological polar surface area (TPSA) is 44.4 Å². The van der Waals surface area contributed by atoms with Crippen LogP contribution < -0.4 is 10.9 Å². The van der Waals surface area contributed by atoms with E-state index in [4.69, 9.17) is 0 Å². The summed E-state index contributed by atoms with van der Waals surface area (Å²) in [5.41, 5.74) is 6.33. The highest BCUT2D eigenvalue weighted by molar-refractivity contribution is 5.92. The smallest absolute Gasteiger partial charge is 0.267 e. The van der Waals surface area contributed by atoms with Crippen molar-refractivity contribution in [3.05, 3.63) is 11.6 Å². The summed E-state index contributed by atoms with van der Waals surface area (Å²) in [5, 5.41) is 1.37. The van der Waals surface area contributed by atoms with Crippen molar-refractivity contribution in [2.45, 2.75) is 46.0 Å². The molecule has 2 N–H and O–H groups in total. The van der Waals surface area contributed by atoms with Gasteiger partial charge in [0.25, 0.3) is 5.91 Å². The van der Waals surface area contributed by atoms with Gasteiger partial charge in [-0.25, -0.2) is 16.0 Å². The molecule has 0 bridgehead atoms. The Balaban J connectivity index is 3.96. The summed E-state index contributed by atoms with van der Waals surface area (Å²) in [4.78, 5) is 11.8. The molecule has 16 heavy (non-hydrogen) atoms. The first-order valence-electron chi connectivity index (χ1n) is 6.03. The van der Waals surface area contributed by atoms with Crippen LogP contribution in [0.3, 0.4) is 0 Å². The molecular weight excluding hydrogens is 202 g/mol. The minimum Gasteiger partial charge on any atom is -0.267 e. The van der Waals surface area contributed by atoms with Crippen LogP contribution in [0.4, 0.5) is 0 Å². The van der Waals surface area contributed by atoms with Gasteiger partial charge in [0.2, 0.25) is 0 Å². The predicted octanol–water partition coefficient (Wildman–Crippen LogP) is 2.00. The molecule has 0 aromatic carbocycles. The Labute approximate surface area is 99.0 Å². The van der Waals surface area contributed by atoms with Crippen LogP contribution in [0.15, 0.2) is 11.6 Å². The second kappa shape index (κ2) is 9.36. The molecule has 4 nitrogen and oxygen atoms in total. The third kappa shape index (κ3) is 5.88. The molecule has 0 unspecified atom stereocenters.